The number of hydrogen-bond donors (Lipinski definition) is 1. The zero-order valence-electron chi connectivity index (χ0n) is 17.7. The van der Waals surface area contributed by atoms with Crippen molar-refractivity contribution in [3.8, 4) is 11.1 Å². The molecule has 14 heteroatoms. The van der Waals surface area contributed by atoms with Crippen LogP contribution in [-0.4, -0.2) is 74.0 Å². The predicted octanol–water partition coefficient (Wildman–Crippen LogP) is 2.82. The summed E-state index contributed by atoms with van der Waals surface area (Å²) >= 11 is 6.32. The first kappa shape index (κ1) is 23.2. The molecular formula is C21H16ClF3N4O6. The molecule has 3 aromatic rings. The molecule has 0 aliphatic carbocycles. The molecule has 2 aliphatic heterocycles. The van der Waals surface area contributed by atoms with Crippen molar-refractivity contribution < 1.29 is 41.8 Å². The number of imidazole rings is 1. The Morgan fingerprint density at radius 1 is 1.26 bits per heavy atom. The summed E-state index contributed by atoms with van der Waals surface area (Å²) in [5.41, 5.74) is -1.56. The maximum Gasteiger partial charge on any atom is 0.420 e. The van der Waals surface area contributed by atoms with Crippen LogP contribution in [0.15, 0.2) is 35.3 Å². The third kappa shape index (κ3) is 3.90. The van der Waals surface area contributed by atoms with Gasteiger partial charge in [-0.2, -0.15) is 13.2 Å². The number of carbonyl (C=O) groups is 3. The van der Waals surface area contributed by atoms with Gasteiger partial charge >= 0.3 is 12.3 Å². The van der Waals surface area contributed by atoms with Crippen molar-refractivity contribution in [2.45, 2.75) is 24.7 Å². The molecule has 35 heavy (non-hydrogen) atoms. The Morgan fingerprint density at radius 2 is 2.03 bits per heavy atom. The number of aliphatic hydroxyl groups excluding tert-OH is 1. The van der Waals surface area contributed by atoms with Gasteiger partial charge in [-0.05, 0) is 18.6 Å². The molecule has 184 valence electrons. The van der Waals surface area contributed by atoms with E-state index in [0.717, 1.165) is 20.3 Å². The van der Waals surface area contributed by atoms with Crippen LogP contribution in [0.4, 0.5) is 18.0 Å². The van der Waals surface area contributed by atoms with Crippen molar-refractivity contribution in [1.29, 1.82) is 0 Å². The third-order valence-corrected chi connectivity index (χ3v) is 6.34. The molecule has 3 aromatic heterocycles. The number of furan rings is 1. The molecule has 0 unspecified atom stereocenters. The molecule has 0 aromatic carbocycles. The first-order valence-corrected chi connectivity index (χ1v) is 10.7. The number of piperidine rings is 1. The molecule has 2 aliphatic rings. The van der Waals surface area contributed by atoms with Gasteiger partial charge in [-0.3, -0.25) is 14.0 Å². The van der Waals surface area contributed by atoms with Gasteiger partial charge in [-0.1, -0.05) is 11.6 Å². The Balaban J connectivity index is 1.47. The summed E-state index contributed by atoms with van der Waals surface area (Å²) in [4.78, 5) is 42.7. The smallest absolute Gasteiger partial charge is 0.420 e. The van der Waals surface area contributed by atoms with Crippen molar-refractivity contribution in [3.05, 3.63) is 47.3 Å². The van der Waals surface area contributed by atoms with E-state index in [4.69, 9.17) is 16.0 Å². The maximum absolute atomic E-state index is 13.8. The monoisotopic (exact) mass is 512 g/mol. The average Bonchev–Trinajstić information content (AvgIpc) is 3.53. The molecule has 10 nitrogen and oxygen atoms in total. The van der Waals surface area contributed by atoms with Gasteiger partial charge in [0.1, 0.15) is 5.15 Å². The number of carbonyl (C=O) groups excluding carboxylic acids is 3. The van der Waals surface area contributed by atoms with Crippen molar-refractivity contribution in [2.75, 3.05) is 19.7 Å². The van der Waals surface area contributed by atoms with Crippen molar-refractivity contribution in [1.82, 2.24) is 19.2 Å². The highest BCUT2D eigenvalue weighted by molar-refractivity contribution is 6.33. The fourth-order valence-electron chi connectivity index (χ4n) is 4.29. The lowest BCUT2D eigenvalue weighted by Gasteiger charge is -2.38. The van der Waals surface area contributed by atoms with Gasteiger partial charge in [-0.25, -0.2) is 14.7 Å². The van der Waals surface area contributed by atoms with E-state index in [2.05, 4.69) is 9.72 Å². The van der Waals surface area contributed by atoms with E-state index in [0.29, 0.717) is 5.56 Å². The lowest BCUT2D eigenvalue weighted by Crippen LogP contribution is -2.56. The van der Waals surface area contributed by atoms with Crippen LogP contribution in [0.5, 0.6) is 0 Å². The fraction of sp³-hybridized carbons (Fsp3) is 0.333. The van der Waals surface area contributed by atoms with Crippen LogP contribution in [0.2, 0.25) is 5.15 Å². The lowest BCUT2D eigenvalue weighted by molar-refractivity contribution is -0.136. The van der Waals surface area contributed by atoms with Gasteiger partial charge in [0.15, 0.2) is 17.9 Å². The van der Waals surface area contributed by atoms with E-state index in [9.17, 15) is 32.7 Å². The second-order valence-corrected chi connectivity index (χ2v) is 8.45. The highest BCUT2D eigenvalue weighted by Gasteiger charge is 2.44. The molecule has 0 radical (unpaired) electrons. The number of aromatic nitrogens is 2. The molecule has 0 spiro atoms. The predicted molar refractivity (Wildman–Crippen MR) is 111 cm³/mol. The Bertz CT molecular complexity index is 1320. The van der Waals surface area contributed by atoms with Crippen molar-refractivity contribution in [2.24, 2.45) is 0 Å². The highest BCUT2D eigenvalue weighted by atomic mass is 35.5. The molecule has 0 saturated carbocycles. The van der Waals surface area contributed by atoms with Gasteiger partial charge in [0.2, 0.25) is 0 Å². The van der Waals surface area contributed by atoms with Crippen LogP contribution in [0.1, 0.15) is 22.5 Å². The molecule has 1 N–H and O–H groups in total. The maximum atomic E-state index is 13.8. The summed E-state index contributed by atoms with van der Waals surface area (Å²) in [6.07, 6.45) is -3.04. The molecule has 5 rings (SSSR count). The number of rotatable bonds is 3. The third-order valence-electron chi connectivity index (χ3n) is 5.97. The number of imide groups is 1. The van der Waals surface area contributed by atoms with Crippen molar-refractivity contribution >= 4 is 35.2 Å². The SMILES string of the molecule is O=C(c1nc2c(C(F)(F)F)cc(-c3ccoc3)cn2c1Cl)N1CC[C@H](N2C(=O)COC2=O)[C@@H](O)C1. The molecule has 0 bridgehead atoms. The van der Waals surface area contributed by atoms with Gasteiger partial charge in [0, 0.05) is 30.4 Å². The molecule has 5 heterocycles. The number of ether oxygens (including phenoxy) is 1. The number of nitrogens with zero attached hydrogens (tertiary/aromatic N) is 4. The minimum atomic E-state index is -4.79. The molecule has 3 amide bonds. The van der Waals surface area contributed by atoms with E-state index >= 15 is 0 Å². The van der Waals surface area contributed by atoms with Crippen LogP contribution in [0.3, 0.4) is 0 Å². The van der Waals surface area contributed by atoms with Crippen LogP contribution >= 0.6 is 11.6 Å². The van der Waals surface area contributed by atoms with Crippen LogP contribution in [0.25, 0.3) is 16.8 Å². The van der Waals surface area contributed by atoms with Gasteiger partial charge in [0.05, 0.1) is 30.2 Å². The van der Waals surface area contributed by atoms with E-state index in [1.807, 2.05) is 0 Å². The molecule has 2 atom stereocenters. The second kappa shape index (κ2) is 8.27. The Kier molecular flexibility index (Phi) is 5.48. The summed E-state index contributed by atoms with van der Waals surface area (Å²) < 4.78 is 52.1. The number of hydrogen-bond acceptors (Lipinski definition) is 7. The summed E-state index contributed by atoms with van der Waals surface area (Å²) in [6, 6.07) is 1.47. The summed E-state index contributed by atoms with van der Waals surface area (Å²) in [6.45, 7) is -0.727. The van der Waals surface area contributed by atoms with Gasteiger partial charge < -0.3 is 19.2 Å². The Morgan fingerprint density at radius 3 is 2.63 bits per heavy atom. The quantitative estimate of drug-likeness (QED) is 0.573. The topological polar surface area (TPSA) is 118 Å². The number of aliphatic hydroxyl groups is 1. The van der Waals surface area contributed by atoms with E-state index in [1.54, 1.807) is 0 Å². The molecule has 2 saturated heterocycles. The summed E-state index contributed by atoms with van der Waals surface area (Å²) in [5, 5.41) is 10.2. The minimum Gasteiger partial charge on any atom is -0.472 e. The largest absolute Gasteiger partial charge is 0.472 e. The number of cyclic esters (lactones) is 1. The van der Waals surface area contributed by atoms with Gasteiger partial charge in [0.25, 0.3) is 11.8 Å². The number of fused-ring (bicyclic) bond motifs is 1. The number of alkyl halides is 3. The Labute approximate surface area is 199 Å². The highest BCUT2D eigenvalue weighted by Crippen LogP contribution is 2.37. The normalized spacial score (nSPS) is 21.2. The number of pyridine rings is 1. The van der Waals surface area contributed by atoms with Crippen molar-refractivity contribution in [3.63, 3.8) is 0 Å². The van der Waals surface area contributed by atoms with Gasteiger partial charge in [-0.15, -0.1) is 0 Å². The first-order chi connectivity index (χ1) is 16.6. The van der Waals surface area contributed by atoms with Crippen LogP contribution in [0, 0.1) is 0 Å². The molecular weight excluding hydrogens is 497 g/mol. The minimum absolute atomic E-state index is 0.00574. The lowest BCUT2D eigenvalue weighted by atomic mass is 10.00. The number of likely N-dealkylation sites (tertiary alicyclic amines) is 1. The van der Waals surface area contributed by atoms with E-state index in [-0.39, 0.29) is 30.2 Å². The zero-order valence-corrected chi connectivity index (χ0v) is 18.4. The number of halogens is 4. The Hall–Kier alpha value is -3.58. The average molecular weight is 513 g/mol. The van der Waals surface area contributed by atoms with Crippen LogP contribution in [-0.2, 0) is 15.7 Å². The standard InChI is InChI=1S/C21H16ClF3N4O6/c22-17-16(19(32)27-3-1-13(14(30)7-27)29-15(31)9-35-20(29)33)26-18-12(21(23,24)25)5-11(6-28(17)18)10-2-4-34-8-10/h2,4-6,8,13-14,30H,1,3,7,9H2/t13-,14-/m0/s1. The number of β-amino-alcohol motifs (C(OH)–C–C–N with tert-alkyl or cyclic N) is 1. The second-order valence-electron chi connectivity index (χ2n) is 8.09. The number of amides is 3. The van der Waals surface area contributed by atoms with Crippen LogP contribution < -0.4 is 0 Å². The van der Waals surface area contributed by atoms with E-state index < -0.39 is 59.7 Å². The first-order valence-electron chi connectivity index (χ1n) is 10.3. The molecule has 2 fully saturated rings. The van der Waals surface area contributed by atoms with E-state index in [1.165, 1.54) is 24.8 Å². The fourth-order valence-corrected chi connectivity index (χ4v) is 4.54. The summed E-state index contributed by atoms with van der Waals surface area (Å²) in [7, 11) is 0. The zero-order chi connectivity index (χ0) is 25.1. The summed E-state index contributed by atoms with van der Waals surface area (Å²) in [5.74, 6) is -1.40.